The smallest absolute Gasteiger partial charge is 0.161 e. The summed E-state index contributed by atoms with van der Waals surface area (Å²) in [7, 11) is 0. The molecule has 0 saturated carbocycles. The molecule has 1 aromatic heterocycles. The minimum absolute atomic E-state index is 0.595. The molecule has 9 aromatic carbocycles. The van der Waals surface area contributed by atoms with Gasteiger partial charge in [-0.15, -0.1) is 0 Å². The van der Waals surface area contributed by atoms with E-state index in [4.69, 9.17) is 9.97 Å². The number of fused-ring (bicyclic) bond motifs is 3. The minimum atomic E-state index is -0.595. The van der Waals surface area contributed by atoms with Gasteiger partial charge < -0.3 is 0 Å². The van der Waals surface area contributed by atoms with Crippen LogP contribution in [0.4, 0.5) is 0 Å². The topological polar surface area (TPSA) is 25.8 Å². The van der Waals surface area contributed by atoms with Gasteiger partial charge in [-0.2, -0.15) is 0 Å². The van der Waals surface area contributed by atoms with Crippen LogP contribution in [0.15, 0.2) is 243 Å². The largest absolute Gasteiger partial charge is 0.228 e. The Kier molecular flexibility index (Phi) is 9.09. The summed E-state index contributed by atoms with van der Waals surface area (Å²) in [6, 6.07) is 87.1. The van der Waals surface area contributed by atoms with Gasteiger partial charge in [0, 0.05) is 16.7 Å². The van der Waals surface area contributed by atoms with E-state index in [-0.39, 0.29) is 0 Å². The Bertz CT molecular complexity index is 3020. The molecule has 61 heavy (non-hydrogen) atoms. The molecular formula is C59H40N2. The van der Waals surface area contributed by atoms with Crippen molar-refractivity contribution in [2.75, 3.05) is 0 Å². The quantitative estimate of drug-likeness (QED) is 0.154. The van der Waals surface area contributed by atoms with Crippen LogP contribution in [0.25, 0.3) is 78.4 Å². The molecule has 0 atom stereocenters. The average molecular weight is 777 g/mol. The maximum Gasteiger partial charge on any atom is 0.161 e. The summed E-state index contributed by atoms with van der Waals surface area (Å²) >= 11 is 0. The molecule has 0 amide bonds. The number of nitrogens with zero attached hydrogens (tertiary/aromatic N) is 2. The molecule has 1 aliphatic rings. The molecule has 0 fully saturated rings. The summed E-state index contributed by atoms with van der Waals surface area (Å²) in [6.45, 7) is 0. The highest BCUT2D eigenvalue weighted by atomic mass is 14.9. The van der Waals surface area contributed by atoms with Gasteiger partial charge in [0.1, 0.15) is 0 Å². The molecule has 10 aromatic rings. The van der Waals surface area contributed by atoms with Crippen LogP contribution >= 0.6 is 0 Å². The number of hydrogen-bond acceptors (Lipinski definition) is 2. The molecule has 11 rings (SSSR count). The summed E-state index contributed by atoms with van der Waals surface area (Å²) in [4.78, 5) is 11.2. The van der Waals surface area contributed by atoms with Gasteiger partial charge in [0.25, 0.3) is 0 Å². The average Bonchev–Trinajstić information content (AvgIpc) is 3.66. The van der Waals surface area contributed by atoms with E-state index in [9.17, 15) is 0 Å². The van der Waals surface area contributed by atoms with Crippen LogP contribution in [-0.2, 0) is 5.41 Å². The van der Waals surface area contributed by atoms with Crippen LogP contribution in [0, 0.1) is 0 Å². The molecule has 0 spiro atoms. The van der Waals surface area contributed by atoms with E-state index in [1.54, 1.807) is 0 Å². The van der Waals surface area contributed by atoms with E-state index in [0.717, 1.165) is 67.0 Å². The first-order chi connectivity index (χ1) is 30.2. The molecule has 2 nitrogen and oxygen atoms in total. The number of hydrogen-bond donors (Lipinski definition) is 0. The summed E-state index contributed by atoms with van der Waals surface area (Å²) in [5.41, 5.74) is 18.3. The van der Waals surface area contributed by atoms with Crippen molar-refractivity contribution in [3.8, 4) is 78.4 Å². The lowest BCUT2D eigenvalue weighted by molar-refractivity contribution is 0.769. The Balaban J connectivity index is 1.23. The van der Waals surface area contributed by atoms with Gasteiger partial charge in [-0.05, 0) is 97.1 Å². The molecule has 0 N–H and O–H groups in total. The van der Waals surface area contributed by atoms with Crippen molar-refractivity contribution >= 4 is 0 Å². The highest BCUT2D eigenvalue weighted by Crippen LogP contribution is 2.59. The second-order valence-corrected chi connectivity index (χ2v) is 15.7. The van der Waals surface area contributed by atoms with Crippen LogP contribution in [0.3, 0.4) is 0 Å². The third kappa shape index (κ3) is 6.37. The van der Waals surface area contributed by atoms with Crippen molar-refractivity contribution in [1.29, 1.82) is 0 Å². The first-order valence-corrected chi connectivity index (χ1v) is 20.9. The van der Waals surface area contributed by atoms with Crippen LogP contribution in [0.5, 0.6) is 0 Å². The van der Waals surface area contributed by atoms with Crippen molar-refractivity contribution in [3.63, 3.8) is 0 Å². The van der Waals surface area contributed by atoms with Gasteiger partial charge in [0.2, 0.25) is 0 Å². The van der Waals surface area contributed by atoms with Crippen molar-refractivity contribution in [3.05, 3.63) is 265 Å². The molecular weight excluding hydrogens is 737 g/mol. The highest BCUT2D eigenvalue weighted by Gasteiger charge is 2.47. The summed E-state index contributed by atoms with van der Waals surface area (Å²) in [5, 5.41) is 0. The van der Waals surface area contributed by atoms with E-state index in [1.165, 1.54) is 27.8 Å². The molecule has 0 saturated heterocycles. The predicted molar refractivity (Wildman–Crippen MR) is 252 cm³/mol. The van der Waals surface area contributed by atoms with Crippen molar-refractivity contribution in [2.24, 2.45) is 0 Å². The van der Waals surface area contributed by atoms with Crippen molar-refractivity contribution < 1.29 is 0 Å². The molecule has 0 radical (unpaired) electrons. The zero-order valence-electron chi connectivity index (χ0n) is 33.5. The van der Waals surface area contributed by atoms with Crippen LogP contribution in [0.1, 0.15) is 22.3 Å². The summed E-state index contributed by atoms with van der Waals surface area (Å²) in [6.07, 6.45) is 0. The molecule has 0 unspecified atom stereocenters. The Hall–Kier alpha value is -7.94. The zero-order valence-corrected chi connectivity index (χ0v) is 33.5. The third-order valence-corrected chi connectivity index (χ3v) is 12.2. The monoisotopic (exact) mass is 776 g/mol. The van der Waals surface area contributed by atoms with Crippen LogP contribution < -0.4 is 0 Å². The molecule has 2 heteroatoms. The molecule has 0 bridgehead atoms. The lowest BCUT2D eigenvalue weighted by Gasteiger charge is -2.34. The standard InChI is InChI=1S/C59H40N2/c1-6-20-41(21-7-1)44-26-18-28-46(36-44)55-40-56(47-29-19-27-45(37-47)42-22-8-2-9-23-42)61-58(60-55)52-38-48(43-24-10-3-11-25-43)39-54-57(52)51-34-16-17-35-53(51)59(54,49-30-12-4-13-31-49)50-32-14-5-15-33-50/h1-40H. The van der Waals surface area contributed by atoms with Gasteiger partial charge >= 0.3 is 0 Å². The van der Waals surface area contributed by atoms with Crippen LogP contribution in [-0.4, -0.2) is 9.97 Å². The second-order valence-electron chi connectivity index (χ2n) is 15.7. The predicted octanol–water partition coefficient (Wildman–Crippen LogP) is 14.8. The van der Waals surface area contributed by atoms with Crippen molar-refractivity contribution in [2.45, 2.75) is 5.41 Å². The second kappa shape index (κ2) is 15.3. The fraction of sp³-hybridized carbons (Fsp3) is 0.0169. The molecule has 286 valence electrons. The lowest BCUT2D eigenvalue weighted by atomic mass is 9.67. The van der Waals surface area contributed by atoms with Gasteiger partial charge in [-0.1, -0.05) is 212 Å². The first-order valence-electron chi connectivity index (χ1n) is 20.9. The maximum absolute atomic E-state index is 5.58. The van der Waals surface area contributed by atoms with Crippen molar-refractivity contribution in [1.82, 2.24) is 9.97 Å². The van der Waals surface area contributed by atoms with Gasteiger partial charge in [0.05, 0.1) is 16.8 Å². The first kappa shape index (κ1) is 36.2. The minimum Gasteiger partial charge on any atom is -0.228 e. The van der Waals surface area contributed by atoms with E-state index in [2.05, 4.69) is 243 Å². The SMILES string of the molecule is c1ccc(-c2cccc(-c3cc(-c4cccc(-c5ccccc5)c4)nc(-c4cc(-c5ccccc5)cc5c4-c4ccccc4C5(c4ccccc4)c4ccccc4)n3)c2)cc1. The fourth-order valence-corrected chi connectivity index (χ4v) is 9.38. The molecule has 1 aliphatic carbocycles. The lowest BCUT2D eigenvalue weighted by Crippen LogP contribution is -2.28. The summed E-state index contributed by atoms with van der Waals surface area (Å²) < 4.78 is 0. The van der Waals surface area contributed by atoms with E-state index < -0.39 is 5.41 Å². The molecule has 0 aliphatic heterocycles. The molecule has 1 heterocycles. The number of aromatic nitrogens is 2. The highest BCUT2D eigenvalue weighted by molar-refractivity contribution is 5.97. The Labute approximate surface area is 357 Å². The Morgan fingerprint density at radius 2 is 0.672 bits per heavy atom. The maximum atomic E-state index is 5.58. The summed E-state index contributed by atoms with van der Waals surface area (Å²) in [5.74, 6) is 0.684. The number of rotatable bonds is 8. The third-order valence-electron chi connectivity index (χ3n) is 12.2. The van der Waals surface area contributed by atoms with Gasteiger partial charge in [-0.3, -0.25) is 0 Å². The van der Waals surface area contributed by atoms with Gasteiger partial charge in [0.15, 0.2) is 5.82 Å². The fourth-order valence-electron chi connectivity index (χ4n) is 9.38. The van der Waals surface area contributed by atoms with E-state index >= 15 is 0 Å². The Morgan fingerprint density at radius 3 is 1.18 bits per heavy atom. The van der Waals surface area contributed by atoms with E-state index in [1.807, 2.05) is 0 Å². The van der Waals surface area contributed by atoms with E-state index in [0.29, 0.717) is 5.82 Å². The normalized spacial score (nSPS) is 12.4. The van der Waals surface area contributed by atoms with Gasteiger partial charge in [-0.25, -0.2) is 9.97 Å². The Morgan fingerprint density at radius 1 is 0.262 bits per heavy atom. The number of benzene rings is 9. The zero-order chi connectivity index (χ0) is 40.6. The van der Waals surface area contributed by atoms with Crippen LogP contribution in [0.2, 0.25) is 0 Å².